The van der Waals surface area contributed by atoms with E-state index in [-0.39, 0.29) is 0 Å². The number of halogens is 1. The molecule has 0 saturated heterocycles. The summed E-state index contributed by atoms with van der Waals surface area (Å²) in [5.74, 6) is 6.42. The molecule has 1 aromatic carbocycles. The van der Waals surface area contributed by atoms with Crippen molar-refractivity contribution in [2.24, 2.45) is 11.8 Å². The average Bonchev–Trinajstić information content (AvgIpc) is 2.37. The van der Waals surface area contributed by atoms with Crippen LogP contribution in [0.15, 0.2) is 28.7 Å². The third kappa shape index (κ3) is 5.19. The van der Waals surface area contributed by atoms with E-state index < -0.39 is 0 Å². The molecule has 0 fully saturated rings. The zero-order valence-electron chi connectivity index (χ0n) is 10.7. The number of nitrogens with two attached hydrogens (primary N) is 1. The summed E-state index contributed by atoms with van der Waals surface area (Å²) in [6.07, 6.45) is 4.61. The third-order valence-electron chi connectivity index (χ3n) is 3.40. The molecule has 0 aromatic heterocycles. The summed E-state index contributed by atoms with van der Waals surface area (Å²) in [5.41, 5.74) is 4.29. The molecule has 1 unspecified atom stereocenters. The van der Waals surface area contributed by atoms with Gasteiger partial charge in [-0.2, -0.15) is 0 Å². The van der Waals surface area contributed by atoms with Gasteiger partial charge in [-0.15, -0.1) is 0 Å². The Bertz CT molecular complexity index is 307. The van der Waals surface area contributed by atoms with Gasteiger partial charge in [0.25, 0.3) is 0 Å². The lowest BCUT2D eigenvalue weighted by Crippen LogP contribution is -2.38. The van der Waals surface area contributed by atoms with Crippen LogP contribution in [0.5, 0.6) is 0 Å². The van der Waals surface area contributed by atoms with Crippen molar-refractivity contribution in [3.05, 3.63) is 34.3 Å². The Morgan fingerprint density at radius 2 is 1.76 bits per heavy atom. The highest BCUT2D eigenvalue weighted by atomic mass is 79.9. The van der Waals surface area contributed by atoms with Crippen LogP contribution < -0.4 is 11.3 Å². The van der Waals surface area contributed by atoms with Crippen LogP contribution >= 0.6 is 15.9 Å². The van der Waals surface area contributed by atoms with E-state index in [1.807, 2.05) is 0 Å². The molecule has 0 saturated carbocycles. The Labute approximate surface area is 113 Å². The first-order valence-corrected chi connectivity index (χ1v) is 7.19. The van der Waals surface area contributed by atoms with E-state index in [0.717, 1.165) is 23.2 Å². The summed E-state index contributed by atoms with van der Waals surface area (Å²) in [4.78, 5) is 0. The Morgan fingerprint density at radius 1 is 1.18 bits per heavy atom. The normalized spacial score (nSPS) is 13.0. The van der Waals surface area contributed by atoms with E-state index in [1.54, 1.807) is 0 Å². The van der Waals surface area contributed by atoms with Gasteiger partial charge >= 0.3 is 0 Å². The fraction of sp³-hybridized carbons (Fsp3) is 0.571. The van der Waals surface area contributed by atoms with Gasteiger partial charge in [-0.1, -0.05) is 54.8 Å². The van der Waals surface area contributed by atoms with Crippen molar-refractivity contribution in [2.45, 2.75) is 45.6 Å². The van der Waals surface area contributed by atoms with Gasteiger partial charge in [0.1, 0.15) is 0 Å². The van der Waals surface area contributed by atoms with Gasteiger partial charge in [-0.3, -0.25) is 11.3 Å². The summed E-state index contributed by atoms with van der Waals surface area (Å²) in [6.45, 7) is 4.50. The van der Waals surface area contributed by atoms with Gasteiger partial charge in [0.2, 0.25) is 0 Å². The largest absolute Gasteiger partial charge is 0.271 e. The minimum Gasteiger partial charge on any atom is -0.271 e. The van der Waals surface area contributed by atoms with E-state index in [0.29, 0.717) is 6.04 Å². The molecule has 1 aromatic rings. The summed E-state index contributed by atoms with van der Waals surface area (Å²) >= 11 is 3.45. The maximum atomic E-state index is 5.65. The molecule has 2 nitrogen and oxygen atoms in total. The van der Waals surface area contributed by atoms with Gasteiger partial charge in [0, 0.05) is 10.5 Å². The van der Waals surface area contributed by atoms with E-state index in [2.05, 4.69) is 59.5 Å². The standard InChI is InChI=1S/C14H23BrN2/c1-3-11(4-2)9-14(17-16)10-12-5-7-13(15)8-6-12/h5-8,11,14,17H,3-4,9-10,16H2,1-2H3. The molecule has 1 atom stereocenters. The van der Waals surface area contributed by atoms with Gasteiger partial charge < -0.3 is 0 Å². The van der Waals surface area contributed by atoms with E-state index in [9.17, 15) is 0 Å². The second-order valence-corrected chi connectivity index (χ2v) is 5.53. The van der Waals surface area contributed by atoms with Crippen molar-refractivity contribution in [3.8, 4) is 0 Å². The van der Waals surface area contributed by atoms with Crippen molar-refractivity contribution in [1.29, 1.82) is 0 Å². The quantitative estimate of drug-likeness (QED) is 0.596. The lowest BCUT2D eigenvalue weighted by molar-refractivity contribution is 0.366. The highest BCUT2D eigenvalue weighted by molar-refractivity contribution is 9.10. The molecule has 17 heavy (non-hydrogen) atoms. The van der Waals surface area contributed by atoms with Crippen LogP contribution in [0, 0.1) is 5.92 Å². The molecule has 0 bridgehead atoms. The molecule has 0 amide bonds. The number of hydrogen-bond acceptors (Lipinski definition) is 2. The highest BCUT2D eigenvalue weighted by Gasteiger charge is 2.13. The van der Waals surface area contributed by atoms with Crippen LogP contribution in [-0.4, -0.2) is 6.04 Å². The van der Waals surface area contributed by atoms with Crippen molar-refractivity contribution in [1.82, 2.24) is 5.43 Å². The molecule has 0 heterocycles. The second kappa shape index (κ2) is 7.85. The van der Waals surface area contributed by atoms with Gasteiger partial charge in [0.15, 0.2) is 0 Å². The molecule has 0 aliphatic carbocycles. The predicted molar refractivity (Wildman–Crippen MR) is 77.6 cm³/mol. The van der Waals surface area contributed by atoms with Crippen LogP contribution in [0.3, 0.4) is 0 Å². The van der Waals surface area contributed by atoms with Crippen LogP contribution in [0.2, 0.25) is 0 Å². The molecule has 96 valence electrons. The summed E-state index contributed by atoms with van der Waals surface area (Å²) in [7, 11) is 0. The van der Waals surface area contributed by atoms with E-state index >= 15 is 0 Å². The maximum absolute atomic E-state index is 5.65. The first kappa shape index (κ1) is 14.7. The molecule has 0 aliphatic heterocycles. The Kier molecular flexibility index (Phi) is 6.78. The monoisotopic (exact) mass is 298 g/mol. The van der Waals surface area contributed by atoms with Gasteiger partial charge in [0.05, 0.1) is 0 Å². The number of nitrogens with one attached hydrogen (secondary N) is 1. The summed E-state index contributed by atoms with van der Waals surface area (Å²) < 4.78 is 1.12. The summed E-state index contributed by atoms with van der Waals surface area (Å²) in [5, 5.41) is 0. The predicted octanol–water partition coefficient (Wildman–Crippen LogP) is 3.65. The Balaban J connectivity index is 2.54. The topological polar surface area (TPSA) is 38.0 Å². The summed E-state index contributed by atoms with van der Waals surface area (Å²) in [6, 6.07) is 8.85. The Morgan fingerprint density at radius 3 is 2.24 bits per heavy atom. The number of hydrazine groups is 1. The minimum atomic E-state index is 0.376. The van der Waals surface area contributed by atoms with Crippen LogP contribution in [-0.2, 0) is 6.42 Å². The molecule has 0 radical (unpaired) electrons. The van der Waals surface area contributed by atoms with Crippen molar-refractivity contribution in [3.63, 3.8) is 0 Å². The molecule has 3 heteroatoms. The van der Waals surface area contributed by atoms with Crippen LogP contribution in [0.4, 0.5) is 0 Å². The van der Waals surface area contributed by atoms with Crippen molar-refractivity contribution in [2.75, 3.05) is 0 Å². The zero-order valence-corrected chi connectivity index (χ0v) is 12.3. The molecule has 0 spiro atoms. The van der Waals surface area contributed by atoms with Gasteiger partial charge in [-0.05, 0) is 36.5 Å². The first-order valence-electron chi connectivity index (χ1n) is 6.40. The first-order chi connectivity index (χ1) is 8.19. The van der Waals surface area contributed by atoms with E-state index in [1.165, 1.54) is 18.4 Å². The molecule has 1 rings (SSSR count). The molecule has 0 aliphatic rings. The zero-order chi connectivity index (χ0) is 12.7. The van der Waals surface area contributed by atoms with Crippen molar-refractivity contribution < 1.29 is 0 Å². The van der Waals surface area contributed by atoms with Crippen molar-refractivity contribution >= 4 is 15.9 Å². The molecule has 3 N–H and O–H groups in total. The van der Waals surface area contributed by atoms with E-state index in [4.69, 9.17) is 5.84 Å². The number of rotatable bonds is 7. The number of hydrogen-bond donors (Lipinski definition) is 2. The minimum absolute atomic E-state index is 0.376. The lowest BCUT2D eigenvalue weighted by atomic mass is 9.92. The maximum Gasteiger partial charge on any atom is 0.0253 e. The average molecular weight is 299 g/mol. The third-order valence-corrected chi connectivity index (χ3v) is 3.93. The fourth-order valence-electron chi connectivity index (χ4n) is 2.14. The highest BCUT2D eigenvalue weighted by Crippen LogP contribution is 2.18. The fourth-order valence-corrected chi connectivity index (χ4v) is 2.40. The Hall–Kier alpha value is -0.380. The van der Waals surface area contributed by atoms with Crippen LogP contribution in [0.1, 0.15) is 38.7 Å². The number of benzene rings is 1. The van der Waals surface area contributed by atoms with Gasteiger partial charge in [-0.25, -0.2) is 0 Å². The van der Waals surface area contributed by atoms with Crippen LogP contribution in [0.25, 0.3) is 0 Å². The molecular formula is C14H23BrN2. The molecular weight excluding hydrogens is 276 g/mol. The SMILES string of the molecule is CCC(CC)CC(Cc1ccc(Br)cc1)NN. The smallest absolute Gasteiger partial charge is 0.0253 e. The second-order valence-electron chi connectivity index (χ2n) is 4.61. The lowest BCUT2D eigenvalue weighted by Gasteiger charge is -2.21.